The van der Waals surface area contributed by atoms with Crippen molar-refractivity contribution in [2.45, 2.75) is 12.8 Å². The van der Waals surface area contributed by atoms with Gasteiger partial charge in [-0.15, -0.1) is 10.2 Å². The molecule has 1 aliphatic heterocycles. The van der Waals surface area contributed by atoms with Gasteiger partial charge in [-0.3, -0.25) is 9.20 Å². The van der Waals surface area contributed by atoms with Crippen LogP contribution in [0.3, 0.4) is 0 Å². The molecule has 5 nitrogen and oxygen atoms in total. The molecule has 26 heavy (non-hydrogen) atoms. The van der Waals surface area contributed by atoms with Crippen molar-refractivity contribution in [1.29, 1.82) is 0 Å². The molecule has 5 heteroatoms. The Morgan fingerprint density at radius 3 is 2.31 bits per heavy atom. The third kappa shape index (κ3) is 2.28. The van der Waals surface area contributed by atoms with Crippen LogP contribution in [0.4, 0.5) is 0 Å². The van der Waals surface area contributed by atoms with Gasteiger partial charge in [-0.1, -0.05) is 54.6 Å². The summed E-state index contributed by atoms with van der Waals surface area (Å²) in [5.74, 6) is 0.843. The van der Waals surface area contributed by atoms with Crippen LogP contribution in [-0.4, -0.2) is 38.5 Å². The van der Waals surface area contributed by atoms with E-state index >= 15 is 0 Å². The maximum Gasteiger partial charge on any atom is 0.255 e. The van der Waals surface area contributed by atoms with Crippen LogP contribution in [-0.2, 0) is 0 Å². The van der Waals surface area contributed by atoms with Gasteiger partial charge in [-0.2, -0.15) is 0 Å². The summed E-state index contributed by atoms with van der Waals surface area (Å²) >= 11 is 0. The topological polar surface area (TPSA) is 50.5 Å². The predicted molar refractivity (Wildman–Crippen MR) is 101 cm³/mol. The molecule has 1 fully saturated rings. The molecule has 3 heterocycles. The Bertz CT molecular complexity index is 1110. The first-order valence-corrected chi connectivity index (χ1v) is 8.94. The fourth-order valence-electron chi connectivity index (χ4n) is 3.75. The number of carbonyl (C=O) groups excluding carboxylic acids is 1. The molecule has 0 saturated carbocycles. The highest BCUT2D eigenvalue weighted by molar-refractivity contribution is 6.10. The van der Waals surface area contributed by atoms with Gasteiger partial charge >= 0.3 is 0 Å². The molecule has 0 atom stereocenters. The zero-order valence-electron chi connectivity index (χ0n) is 14.3. The summed E-state index contributed by atoms with van der Waals surface area (Å²) in [6.07, 6.45) is 4.06. The lowest BCUT2D eigenvalue weighted by Gasteiger charge is -2.17. The maximum atomic E-state index is 13.1. The highest BCUT2D eigenvalue weighted by atomic mass is 16.2. The number of aromatic nitrogens is 3. The number of hydrogen-bond donors (Lipinski definition) is 0. The van der Waals surface area contributed by atoms with Gasteiger partial charge in [0.05, 0.1) is 5.56 Å². The van der Waals surface area contributed by atoms with Crippen LogP contribution in [0.15, 0.2) is 60.8 Å². The third-order valence-corrected chi connectivity index (χ3v) is 5.07. The Kier molecular flexibility index (Phi) is 3.45. The molecule has 5 rings (SSSR count). The van der Waals surface area contributed by atoms with Crippen LogP contribution in [0.1, 0.15) is 23.2 Å². The van der Waals surface area contributed by atoms with Crippen LogP contribution in [0.5, 0.6) is 0 Å². The van der Waals surface area contributed by atoms with E-state index in [9.17, 15) is 4.79 Å². The Hall–Kier alpha value is -3.21. The second-order valence-electron chi connectivity index (χ2n) is 6.67. The van der Waals surface area contributed by atoms with E-state index in [1.54, 1.807) is 0 Å². The number of likely N-dealkylation sites (tertiary alicyclic amines) is 1. The molecule has 0 radical (unpaired) electrons. The van der Waals surface area contributed by atoms with Crippen molar-refractivity contribution in [1.82, 2.24) is 19.5 Å². The second kappa shape index (κ2) is 5.95. The Labute approximate surface area is 150 Å². The minimum Gasteiger partial charge on any atom is -0.339 e. The maximum absolute atomic E-state index is 13.1. The number of nitrogens with zero attached hydrogens (tertiary/aromatic N) is 4. The minimum atomic E-state index is 0.0910. The normalized spacial score (nSPS) is 14.4. The van der Waals surface area contributed by atoms with Gasteiger partial charge in [-0.25, -0.2) is 0 Å². The van der Waals surface area contributed by atoms with Crippen molar-refractivity contribution in [3.05, 3.63) is 66.4 Å². The minimum absolute atomic E-state index is 0.0910. The molecule has 4 aromatic rings. The van der Waals surface area contributed by atoms with E-state index in [2.05, 4.69) is 10.2 Å². The zero-order valence-corrected chi connectivity index (χ0v) is 14.3. The largest absolute Gasteiger partial charge is 0.339 e. The second-order valence-corrected chi connectivity index (χ2v) is 6.67. The molecule has 1 saturated heterocycles. The van der Waals surface area contributed by atoms with Crippen LogP contribution < -0.4 is 0 Å². The standard InChI is InChI=1S/C21H18N4O/c26-21(24-12-6-7-13-24)18-14-25-19(15-8-2-1-3-9-15)22-23-20(25)17-11-5-4-10-16(17)18/h1-5,8-11,14H,6-7,12-13H2. The summed E-state index contributed by atoms with van der Waals surface area (Å²) in [5.41, 5.74) is 2.47. The number of pyridine rings is 1. The first kappa shape index (κ1) is 15.1. The van der Waals surface area contributed by atoms with Crippen LogP contribution >= 0.6 is 0 Å². The van der Waals surface area contributed by atoms with E-state index in [4.69, 9.17) is 0 Å². The predicted octanol–water partition coefficient (Wildman–Crippen LogP) is 3.79. The highest BCUT2D eigenvalue weighted by Crippen LogP contribution is 2.28. The summed E-state index contributed by atoms with van der Waals surface area (Å²) < 4.78 is 1.95. The van der Waals surface area contributed by atoms with E-state index in [1.165, 1.54) is 0 Å². The first-order valence-electron chi connectivity index (χ1n) is 8.94. The lowest BCUT2D eigenvalue weighted by Crippen LogP contribution is -2.28. The molecule has 0 spiro atoms. The molecule has 1 aliphatic rings. The Morgan fingerprint density at radius 2 is 1.54 bits per heavy atom. The molecule has 0 unspecified atom stereocenters. The van der Waals surface area contributed by atoms with E-state index in [1.807, 2.05) is 70.1 Å². The van der Waals surface area contributed by atoms with Crippen molar-refractivity contribution < 1.29 is 4.79 Å². The third-order valence-electron chi connectivity index (χ3n) is 5.07. The van der Waals surface area contributed by atoms with E-state index in [0.29, 0.717) is 5.56 Å². The molecule has 0 bridgehead atoms. The average Bonchev–Trinajstić information content (AvgIpc) is 3.37. The average molecular weight is 342 g/mol. The number of fused-ring (bicyclic) bond motifs is 3. The lowest BCUT2D eigenvalue weighted by molar-refractivity contribution is 0.0794. The Morgan fingerprint density at radius 1 is 0.846 bits per heavy atom. The molecule has 1 amide bonds. The highest BCUT2D eigenvalue weighted by Gasteiger charge is 2.23. The summed E-state index contributed by atoms with van der Waals surface area (Å²) in [4.78, 5) is 15.1. The molecule has 0 aliphatic carbocycles. The van der Waals surface area contributed by atoms with Gasteiger partial charge in [0.15, 0.2) is 11.5 Å². The van der Waals surface area contributed by atoms with E-state index in [-0.39, 0.29) is 5.91 Å². The molecule has 2 aromatic heterocycles. The lowest BCUT2D eigenvalue weighted by atomic mass is 10.1. The number of benzene rings is 2. The van der Waals surface area contributed by atoms with Gasteiger partial charge in [0.1, 0.15) is 0 Å². The fourth-order valence-corrected chi connectivity index (χ4v) is 3.75. The smallest absolute Gasteiger partial charge is 0.255 e. The fraction of sp³-hybridized carbons (Fsp3) is 0.190. The summed E-state index contributed by atoms with van der Waals surface area (Å²) in [7, 11) is 0. The van der Waals surface area contributed by atoms with Crippen LogP contribution in [0.25, 0.3) is 27.8 Å². The van der Waals surface area contributed by atoms with E-state index in [0.717, 1.165) is 53.7 Å². The van der Waals surface area contributed by atoms with Crippen LogP contribution in [0, 0.1) is 0 Å². The number of rotatable bonds is 2. The van der Waals surface area contributed by atoms with Crippen molar-refractivity contribution in [2.75, 3.05) is 13.1 Å². The summed E-state index contributed by atoms with van der Waals surface area (Å²) in [5, 5.41) is 10.7. The number of carbonyl (C=O) groups is 1. The van der Waals surface area contributed by atoms with Gasteiger partial charge in [0.2, 0.25) is 0 Å². The monoisotopic (exact) mass is 342 g/mol. The first-order chi connectivity index (χ1) is 12.8. The molecule has 2 aromatic carbocycles. The van der Waals surface area contributed by atoms with E-state index < -0.39 is 0 Å². The molecular weight excluding hydrogens is 324 g/mol. The Balaban J connectivity index is 1.79. The van der Waals surface area contributed by atoms with Gasteiger partial charge in [-0.05, 0) is 18.2 Å². The molecule has 0 N–H and O–H groups in total. The summed E-state index contributed by atoms with van der Waals surface area (Å²) in [6, 6.07) is 17.9. The number of hydrogen-bond acceptors (Lipinski definition) is 3. The molecule has 128 valence electrons. The van der Waals surface area contributed by atoms with Crippen molar-refractivity contribution in [3.63, 3.8) is 0 Å². The molecular formula is C21H18N4O. The van der Waals surface area contributed by atoms with Crippen LogP contribution in [0.2, 0.25) is 0 Å². The van der Waals surface area contributed by atoms with Crippen molar-refractivity contribution >= 4 is 22.3 Å². The van der Waals surface area contributed by atoms with Gasteiger partial charge in [0.25, 0.3) is 5.91 Å². The van der Waals surface area contributed by atoms with Crippen molar-refractivity contribution in [3.8, 4) is 11.4 Å². The van der Waals surface area contributed by atoms with Gasteiger partial charge in [0, 0.05) is 30.2 Å². The quantitative estimate of drug-likeness (QED) is 0.557. The zero-order chi connectivity index (χ0) is 17.5. The SMILES string of the molecule is O=C(c1cn2c(-c3ccccc3)nnc2c2ccccc12)N1CCCC1. The summed E-state index contributed by atoms with van der Waals surface area (Å²) in [6.45, 7) is 1.66. The van der Waals surface area contributed by atoms with Gasteiger partial charge < -0.3 is 4.90 Å². The number of amides is 1. The van der Waals surface area contributed by atoms with Crippen molar-refractivity contribution in [2.24, 2.45) is 0 Å².